The van der Waals surface area contributed by atoms with Crippen molar-refractivity contribution in [2.45, 2.75) is 0 Å². The summed E-state index contributed by atoms with van der Waals surface area (Å²) in [6, 6.07) is 5.24. The van der Waals surface area contributed by atoms with Gasteiger partial charge in [-0.3, -0.25) is 19.8 Å². The molecule has 0 spiro atoms. The highest BCUT2D eigenvalue weighted by molar-refractivity contribution is 7.80. The molecule has 1 fully saturated rings. The number of rotatable bonds is 1. The van der Waals surface area contributed by atoms with Crippen molar-refractivity contribution in [3.63, 3.8) is 0 Å². The van der Waals surface area contributed by atoms with E-state index >= 15 is 0 Å². The Morgan fingerprint density at radius 1 is 1.24 bits per heavy atom. The number of ether oxygens (including phenoxy) is 2. The van der Waals surface area contributed by atoms with Crippen molar-refractivity contribution >= 4 is 35.2 Å². The fourth-order valence-electron chi connectivity index (χ4n) is 2.06. The second-order valence-electron chi connectivity index (χ2n) is 4.58. The Labute approximate surface area is 126 Å². The maximum Gasteiger partial charge on any atom is 0.265 e. The summed E-state index contributed by atoms with van der Waals surface area (Å²) in [6.45, 7) is 0.986. The van der Waals surface area contributed by atoms with Gasteiger partial charge in [0.1, 0.15) is 18.8 Å². The number of amides is 2. The molecule has 7 heteroatoms. The standard InChI is InChI=1S/C14H12N2O4S/c1-16-13(18)9(12(17)15-14(16)21)6-8-2-3-10-11(7-8)20-5-4-19-10/h2-3,6-7H,4-5H2,1H3,(H,15,17,21). The Kier molecular flexibility index (Phi) is 3.34. The van der Waals surface area contributed by atoms with Crippen LogP contribution in [0.3, 0.4) is 0 Å². The minimum atomic E-state index is -0.502. The van der Waals surface area contributed by atoms with E-state index in [1.54, 1.807) is 18.2 Å². The van der Waals surface area contributed by atoms with E-state index in [0.717, 1.165) is 0 Å². The zero-order chi connectivity index (χ0) is 15.0. The molecule has 1 aromatic carbocycles. The lowest BCUT2D eigenvalue weighted by Crippen LogP contribution is -2.52. The van der Waals surface area contributed by atoms with Crippen LogP contribution in [0.25, 0.3) is 6.08 Å². The molecule has 6 nitrogen and oxygen atoms in total. The normalized spacial score (nSPS) is 19.8. The monoisotopic (exact) mass is 304 g/mol. The van der Waals surface area contributed by atoms with Crippen molar-refractivity contribution in [1.82, 2.24) is 10.2 Å². The van der Waals surface area contributed by atoms with E-state index in [-0.39, 0.29) is 10.7 Å². The summed E-state index contributed by atoms with van der Waals surface area (Å²) in [6.07, 6.45) is 1.51. The minimum absolute atomic E-state index is 0.0303. The molecule has 0 aromatic heterocycles. The second-order valence-corrected chi connectivity index (χ2v) is 4.97. The Bertz CT molecular complexity index is 684. The fourth-order valence-corrected chi connectivity index (χ4v) is 2.24. The van der Waals surface area contributed by atoms with Crippen molar-refractivity contribution in [3.8, 4) is 11.5 Å². The van der Waals surface area contributed by atoms with E-state index in [1.807, 2.05) is 0 Å². The molecule has 0 unspecified atom stereocenters. The first-order valence-corrected chi connectivity index (χ1v) is 6.72. The molecule has 0 bridgehead atoms. The maximum atomic E-state index is 12.1. The third-order valence-electron chi connectivity index (χ3n) is 3.18. The predicted molar refractivity (Wildman–Crippen MR) is 78.9 cm³/mol. The van der Waals surface area contributed by atoms with Gasteiger partial charge in [0.25, 0.3) is 11.8 Å². The lowest BCUT2D eigenvalue weighted by Gasteiger charge is -2.25. The number of nitrogens with one attached hydrogen (secondary N) is 1. The number of hydrogen-bond acceptors (Lipinski definition) is 5. The molecular weight excluding hydrogens is 292 g/mol. The lowest BCUT2D eigenvalue weighted by atomic mass is 10.1. The van der Waals surface area contributed by atoms with Gasteiger partial charge in [-0.15, -0.1) is 0 Å². The fraction of sp³-hybridized carbons (Fsp3) is 0.214. The van der Waals surface area contributed by atoms with Gasteiger partial charge in [-0.1, -0.05) is 6.07 Å². The van der Waals surface area contributed by atoms with E-state index < -0.39 is 11.8 Å². The van der Waals surface area contributed by atoms with E-state index in [1.165, 1.54) is 18.0 Å². The van der Waals surface area contributed by atoms with Gasteiger partial charge in [-0.25, -0.2) is 0 Å². The van der Waals surface area contributed by atoms with Crippen molar-refractivity contribution in [2.75, 3.05) is 20.3 Å². The predicted octanol–water partition coefficient (Wildman–Crippen LogP) is 0.714. The molecule has 3 rings (SSSR count). The number of benzene rings is 1. The summed E-state index contributed by atoms with van der Waals surface area (Å²) >= 11 is 4.89. The summed E-state index contributed by atoms with van der Waals surface area (Å²) in [5.41, 5.74) is 0.710. The number of carbonyl (C=O) groups is 2. The molecule has 0 radical (unpaired) electrons. The van der Waals surface area contributed by atoms with E-state index in [0.29, 0.717) is 30.3 Å². The smallest absolute Gasteiger partial charge is 0.265 e. The average Bonchev–Trinajstić information content (AvgIpc) is 2.49. The Morgan fingerprint density at radius 3 is 2.71 bits per heavy atom. The van der Waals surface area contributed by atoms with Crippen LogP contribution in [0.1, 0.15) is 5.56 Å². The SMILES string of the molecule is CN1C(=O)C(=Cc2ccc3c(c2)OCCO3)C(=O)NC1=S. The summed E-state index contributed by atoms with van der Waals surface area (Å²) < 4.78 is 10.9. The first-order valence-electron chi connectivity index (χ1n) is 6.31. The minimum Gasteiger partial charge on any atom is -0.486 e. The molecule has 0 aliphatic carbocycles. The Morgan fingerprint density at radius 2 is 1.95 bits per heavy atom. The largest absolute Gasteiger partial charge is 0.486 e. The van der Waals surface area contributed by atoms with Crippen molar-refractivity contribution in [1.29, 1.82) is 0 Å². The van der Waals surface area contributed by atoms with Crippen LogP contribution in [0.4, 0.5) is 0 Å². The lowest BCUT2D eigenvalue weighted by molar-refractivity contribution is -0.128. The van der Waals surface area contributed by atoms with Crippen molar-refractivity contribution in [3.05, 3.63) is 29.3 Å². The molecular formula is C14H12N2O4S. The zero-order valence-corrected chi connectivity index (χ0v) is 12.0. The number of hydrogen-bond donors (Lipinski definition) is 1. The van der Waals surface area contributed by atoms with Crippen LogP contribution in [0, 0.1) is 0 Å². The summed E-state index contributed by atoms with van der Waals surface area (Å²) in [4.78, 5) is 25.2. The highest BCUT2D eigenvalue weighted by Gasteiger charge is 2.30. The Hall–Kier alpha value is -2.41. The summed E-state index contributed by atoms with van der Waals surface area (Å²) in [5.74, 6) is 0.320. The van der Waals surface area contributed by atoms with Crippen LogP contribution in [-0.2, 0) is 9.59 Å². The van der Waals surface area contributed by atoms with E-state index in [9.17, 15) is 9.59 Å². The highest BCUT2D eigenvalue weighted by Crippen LogP contribution is 2.31. The van der Waals surface area contributed by atoms with Gasteiger partial charge in [-0.05, 0) is 36.0 Å². The molecule has 0 atom stereocenters. The second kappa shape index (κ2) is 5.17. The average molecular weight is 304 g/mol. The molecule has 2 amide bonds. The molecule has 2 aliphatic heterocycles. The molecule has 1 aromatic rings. The van der Waals surface area contributed by atoms with Crippen LogP contribution < -0.4 is 14.8 Å². The van der Waals surface area contributed by atoms with Crippen LogP contribution in [0.2, 0.25) is 0 Å². The third-order valence-corrected chi connectivity index (χ3v) is 3.56. The highest BCUT2D eigenvalue weighted by atomic mass is 32.1. The van der Waals surface area contributed by atoms with Crippen molar-refractivity contribution < 1.29 is 19.1 Å². The maximum absolute atomic E-state index is 12.1. The quantitative estimate of drug-likeness (QED) is 0.470. The molecule has 1 N–H and O–H groups in total. The van der Waals surface area contributed by atoms with Crippen LogP contribution in [-0.4, -0.2) is 42.1 Å². The number of nitrogens with zero attached hydrogens (tertiary/aromatic N) is 1. The molecule has 2 aliphatic rings. The third kappa shape index (κ3) is 2.47. The Balaban J connectivity index is 1.95. The summed E-state index contributed by atoms with van der Waals surface area (Å²) in [7, 11) is 1.52. The van der Waals surface area contributed by atoms with Gasteiger partial charge in [0.15, 0.2) is 16.6 Å². The zero-order valence-electron chi connectivity index (χ0n) is 11.2. The number of fused-ring (bicyclic) bond motifs is 1. The van der Waals surface area contributed by atoms with Gasteiger partial charge in [-0.2, -0.15) is 0 Å². The van der Waals surface area contributed by atoms with Gasteiger partial charge >= 0.3 is 0 Å². The first-order chi connectivity index (χ1) is 10.1. The molecule has 1 saturated heterocycles. The van der Waals surface area contributed by atoms with Gasteiger partial charge in [0.2, 0.25) is 0 Å². The van der Waals surface area contributed by atoms with Crippen LogP contribution in [0.5, 0.6) is 11.5 Å². The van der Waals surface area contributed by atoms with Gasteiger partial charge < -0.3 is 9.47 Å². The van der Waals surface area contributed by atoms with E-state index in [2.05, 4.69) is 5.32 Å². The van der Waals surface area contributed by atoms with Gasteiger partial charge in [0.05, 0.1) is 0 Å². The van der Waals surface area contributed by atoms with E-state index in [4.69, 9.17) is 21.7 Å². The summed E-state index contributed by atoms with van der Waals surface area (Å²) in [5, 5.41) is 2.57. The van der Waals surface area contributed by atoms with Crippen LogP contribution >= 0.6 is 12.2 Å². The van der Waals surface area contributed by atoms with Gasteiger partial charge in [0, 0.05) is 7.05 Å². The number of likely N-dealkylation sites (N-methyl/N-ethyl adjacent to an activating group) is 1. The first kappa shape index (κ1) is 13.6. The van der Waals surface area contributed by atoms with Crippen LogP contribution in [0.15, 0.2) is 23.8 Å². The molecule has 21 heavy (non-hydrogen) atoms. The molecule has 108 valence electrons. The topological polar surface area (TPSA) is 67.9 Å². The molecule has 0 saturated carbocycles. The number of thiocarbonyl (C=S) groups is 1. The number of carbonyl (C=O) groups excluding carboxylic acids is 2. The molecule has 2 heterocycles. The van der Waals surface area contributed by atoms with Crippen molar-refractivity contribution in [2.24, 2.45) is 0 Å².